The molecule has 0 amide bonds. The van der Waals surface area contributed by atoms with Gasteiger partial charge in [-0.15, -0.1) is 0 Å². The van der Waals surface area contributed by atoms with Crippen molar-refractivity contribution >= 4 is 0 Å². The SMILES string of the molecule is CCC[C@@H]1CC[C@@H]2[C@H](CC[C@@]3(C)[C@@H]([C@H](C)CC(F)(F)C(C)(C)O)CC[C@@H]23)C1O. The van der Waals surface area contributed by atoms with E-state index < -0.39 is 11.5 Å². The fourth-order valence-electron chi connectivity index (χ4n) is 7.54. The van der Waals surface area contributed by atoms with Gasteiger partial charge < -0.3 is 10.2 Å². The van der Waals surface area contributed by atoms with E-state index in [1.54, 1.807) is 0 Å². The highest BCUT2D eigenvalue weighted by atomic mass is 19.3. The van der Waals surface area contributed by atoms with Gasteiger partial charge in [0.05, 0.1) is 6.10 Å². The van der Waals surface area contributed by atoms with Crippen molar-refractivity contribution in [1.29, 1.82) is 0 Å². The monoisotopic (exact) mass is 400 g/mol. The number of hydrogen-bond donors (Lipinski definition) is 2. The third kappa shape index (κ3) is 3.77. The Bertz CT molecular complexity index is 543. The van der Waals surface area contributed by atoms with Crippen LogP contribution in [0.3, 0.4) is 0 Å². The van der Waals surface area contributed by atoms with E-state index >= 15 is 0 Å². The molecule has 3 fully saturated rings. The fourth-order valence-corrected chi connectivity index (χ4v) is 7.54. The zero-order valence-corrected chi connectivity index (χ0v) is 18.6. The summed E-state index contributed by atoms with van der Waals surface area (Å²) in [6.45, 7) is 8.95. The summed E-state index contributed by atoms with van der Waals surface area (Å²) in [6.07, 6.45) is 8.41. The van der Waals surface area contributed by atoms with Crippen molar-refractivity contribution in [3.8, 4) is 0 Å². The molecule has 0 aromatic heterocycles. The van der Waals surface area contributed by atoms with E-state index in [-0.39, 0.29) is 29.8 Å². The normalized spacial score (nSPS) is 42.8. The zero-order chi connectivity index (χ0) is 20.9. The fraction of sp³-hybridized carbons (Fsp3) is 1.00. The molecular weight excluding hydrogens is 358 g/mol. The smallest absolute Gasteiger partial charge is 0.275 e. The van der Waals surface area contributed by atoms with Crippen molar-refractivity contribution in [2.24, 2.45) is 40.9 Å². The lowest BCUT2D eigenvalue weighted by atomic mass is 9.52. The van der Waals surface area contributed by atoms with Crippen molar-refractivity contribution in [3.05, 3.63) is 0 Å². The first-order chi connectivity index (χ1) is 12.9. The number of aliphatic hydroxyl groups excluding tert-OH is 1. The summed E-state index contributed by atoms with van der Waals surface area (Å²) >= 11 is 0. The first-order valence-electron chi connectivity index (χ1n) is 11.7. The Labute approximate surface area is 170 Å². The van der Waals surface area contributed by atoms with Gasteiger partial charge in [-0.1, -0.05) is 27.2 Å². The van der Waals surface area contributed by atoms with E-state index in [9.17, 15) is 19.0 Å². The highest BCUT2D eigenvalue weighted by Crippen LogP contribution is 2.64. The topological polar surface area (TPSA) is 40.5 Å². The maximum atomic E-state index is 14.5. The molecular formula is C24H42F2O2. The van der Waals surface area contributed by atoms with Gasteiger partial charge in [-0.05, 0) is 99.7 Å². The number of aliphatic hydroxyl groups is 2. The average molecular weight is 401 g/mol. The highest BCUT2D eigenvalue weighted by molar-refractivity contribution is 5.07. The van der Waals surface area contributed by atoms with Crippen LogP contribution < -0.4 is 0 Å². The number of hydrogen-bond acceptors (Lipinski definition) is 2. The second-order valence-electron chi connectivity index (χ2n) is 11.2. The Morgan fingerprint density at radius 3 is 2.36 bits per heavy atom. The molecule has 2 nitrogen and oxygen atoms in total. The van der Waals surface area contributed by atoms with Crippen LogP contribution in [0, 0.1) is 40.9 Å². The molecule has 164 valence electrons. The summed E-state index contributed by atoms with van der Waals surface area (Å²) in [5, 5.41) is 20.9. The van der Waals surface area contributed by atoms with E-state index in [2.05, 4.69) is 13.8 Å². The average Bonchev–Trinajstić information content (AvgIpc) is 2.93. The molecule has 0 spiro atoms. The second-order valence-corrected chi connectivity index (χ2v) is 11.2. The highest BCUT2D eigenvalue weighted by Gasteiger charge is 2.58. The van der Waals surface area contributed by atoms with Crippen LogP contribution in [0.5, 0.6) is 0 Å². The molecule has 0 aromatic carbocycles. The van der Waals surface area contributed by atoms with Gasteiger partial charge in [-0.3, -0.25) is 0 Å². The van der Waals surface area contributed by atoms with E-state index in [1.807, 2.05) is 6.92 Å². The Balaban J connectivity index is 1.73. The van der Waals surface area contributed by atoms with Gasteiger partial charge in [-0.2, -0.15) is 0 Å². The van der Waals surface area contributed by atoms with Gasteiger partial charge >= 0.3 is 0 Å². The Morgan fingerprint density at radius 2 is 1.75 bits per heavy atom. The van der Waals surface area contributed by atoms with Gasteiger partial charge in [0.15, 0.2) is 0 Å². The van der Waals surface area contributed by atoms with Crippen LogP contribution in [-0.4, -0.2) is 27.8 Å². The zero-order valence-electron chi connectivity index (χ0n) is 18.6. The molecule has 1 unspecified atom stereocenters. The van der Waals surface area contributed by atoms with Crippen molar-refractivity contribution in [2.75, 3.05) is 0 Å². The van der Waals surface area contributed by atoms with Crippen LogP contribution in [0.4, 0.5) is 8.78 Å². The van der Waals surface area contributed by atoms with Gasteiger partial charge in [0.2, 0.25) is 0 Å². The summed E-state index contributed by atoms with van der Waals surface area (Å²) in [7, 11) is 0. The lowest BCUT2D eigenvalue weighted by Crippen LogP contribution is -2.50. The quantitative estimate of drug-likeness (QED) is 0.570. The number of alkyl halides is 2. The van der Waals surface area contributed by atoms with E-state index in [1.165, 1.54) is 20.3 Å². The summed E-state index contributed by atoms with van der Waals surface area (Å²) < 4.78 is 29.1. The molecule has 2 N–H and O–H groups in total. The molecule has 0 heterocycles. The van der Waals surface area contributed by atoms with E-state index in [4.69, 9.17) is 0 Å². The van der Waals surface area contributed by atoms with E-state index in [0.29, 0.717) is 23.7 Å². The predicted octanol–water partition coefficient (Wildman–Crippen LogP) is 6.05. The molecule has 3 saturated carbocycles. The van der Waals surface area contributed by atoms with Crippen LogP contribution >= 0.6 is 0 Å². The summed E-state index contributed by atoms with van der Waals surface area (Å²) in [6, 6.07) is 0. The van der Waals surface area contributed by atoms with Gasteiger partial charge in [0.25, 0.3) is 5.92 Å². The largest absolute Gasteiger partial charge is 0.393 e. The third-order valence-corrected chi connectivity index (χ3v) is 9.18. The van der Waals surface area contributed by atoms with Gasteiger partial charge in [-0.25, -0.2) is 8.78 Å². The number of rotatable bonds is 6. The molecule has 4 heteroatoms. The van der Waals surface area contributed by atoms with Gasteiger partial charge in [0.1, 0.15) is 5.60 Å². The molecule has 3 aliphatic carbocycles. The van der Waals surface area contributed by atoms with Crippen LogP contribution in [0.2, 0.25) is 0 Å². The Morgan fingerprint density at radius 1 is 1.07 bits per heavy atom. The van der Waals surface area contributed by atoms with Crippen LogP contribution in [-0.2, 0) is 0 Å². The van der Waals surface area contributed by atoms with E-state index in [0.717, 1.165) is 44.9 Å². The molecule has 0 bridgehead atoms. The first-order valence-corrected chi connectivity index (χ1v) is 11.7. The Kier molecular flexibility index (Phi) is 6.26. The molecule has 0 aromatic rings. The van der Waals surface area contributed by atoms with Crippen molar-refractivity contribution in [3.63, 3.8) is 0 Å². The van der Waals surface area contributed by atoms with Crippen LogP contribution in [0.15, 0.2) is 0 Å². The predicted molar refractivity (Wildman–Crippen MR) is 109 cm³/mol. The van der Waals surface area contributed by atoms with Crippen LogP contribution in [0.25, 0.3) is 0 Å². The minimum Gasteiger partial charge on any atom is -0.393 e. The van der Waals surface area contributed by atoms with Crippen LogP contribution in [0.1, 0.15) is 92.4 Å². The minimum absolute atomic E-state index is 0.102. The van der Waals surface area contributed by atoms with Crippen molar-refractivity contribution in [1.82, 2.24) is 0 Å². The molecule has 3 rings (SSSR count). The molecule has 0 aliphatic heterocycles. The second kappa shape index (κ2) is 7.80. The Hall–Kier alpha value is -0.220. The molecule has 0 radical (unpaired) electrons. The molecule has 0 saturated heterocycles. The molecule has 3 aliphatic rings. The lowest BCUT2D eigenvalue weighted by Gasteiger charge is -2.54. The standard InChI is InChI=1S/C24H42F2O2/c1-6-7-16-8-9-17-18(21(16)27)12-13-23(5)19(10-11-20(17)23)15(2)14-24(25,26)22(3,4)28/h15-21,27-28H,6-14H2,1-5H3/t15-,16-,17-,18+,19-,20+,21?,23+/m1/s1. The third-order valence-electron chi connectivity index (χ3n) is 9.18. The summed E-state index contributed by atoms with van der Waals surface area (Å²) in [4.78, 5) is 0. The number of halogens is 2. The maximum Gasteiger partial charge on any atom is 0.275 e. The summed E-state index contributed by atoms with van der Waals surface area (Å²) in [5.74, 6) is -0.883. The lowest BCUT2D eigenvalue weighted by molar-refractivity contribution is -0.177. The van der Waals surface area contributed by atoms with Crippen molar-refractivity contribution in [2.45, 2.75) is 110 Å². The first kappa shape index (κ1) is 22.5. The maximum absolute atomic E-state index is 14.5. The number of fused-ring (bicyclic) bond motifs is 3. The molecule has 8 atom stereocenters. The van der Waals surface area contributed by atoms with Gasteiger partial charge in [0, 0.05) is 6.42 Å². The minimum atomic E-state index is -3.06. The summed E-state index contributed by atoms with van der Waals surface area (Å²) in [5.41, 5.74) is -1.87. The molecule has 28 heavy (non-hydrogen) atoms. The van der Waals surface area contributed by atoms with Crippen molar-refractivity contribution < 1.29 is 19.0 Å².